The summed E-state index contributed by atoms with van der Waals surface area (Å²) in [6, 6.07) is 4.86. The SMILES string of the molecule is NCc1cncc(N2CCc3ccc(F)cc32)n1. The van der Waals surface area contributed by atoms with E-state index in [2.05, 4.69) is 9.97 Å². The standard InChI is InChI=1S/C13H13FN4/c14-10-2-1-9-3-4-18(12(9)5-10)13-8-16-7-11(6-15)17-13/h1-2,5,7-8H,3-4,6,15H2. The molecule has 3 rings (SSSR count). The average Bonchev–Trinajstić information content (AvgIpc) is 2.81. The van der Waals surface area contributed by atoms with Gasteiger partial charge in [0, 0.05) is 25.0 Å². The molecule has 0 atom stereocenters. The molecule has 0 spiro atoms. The average molecular weight is 244 g/mol. The number of hydrogen-bond donors (Lipinski definition) is 1. The Morgan fingerprint density at radius 1 is 1.33 bits per heavy atom. The first-order valence-electron chi connectivity index (χ1n) is 5.85. The van der Waals surface area contributed by atoms with Crippen LogP contribution in [0.3, 0.4) is 0 Å². The third kappa shape index (κ3) is 1.82. The second-order valence-electron chi connectivity index (χ2n) is 4.25. The van der Waals surface area contributed by atoms with Crippen LogP contribution in [0.2, 0.25) is 0 Å². The summed E-state index contributed by atoms with van der Waals surface area (Å²) in [6.07, 6.45) is 4.22. The lowest BCUT2D eigenvalue weighted by Crippen LogP contribution is -2.16. The summed E-state index contributed by atoms with van der Waals surface area (Å²) in [5, 5.41) is 0. The van der Waals surface area contributed by atoms with Crippen LogP contribution in [0.1, 0.15) is 11.3 Å². The number of aromatic nitrogens is 2. The Balaban J connectivity index is 2.02. The van der Waals surface area contributed by atoms with Crippen LogP contribution in [-0.4, -0.2) is 16.5 Å². The Morgan fingerprint density at radius 2 is 2.22 bits per heavy atom. The molecule has 0 saturated heterocycles. The van der Waals surface area contributed by atoms with E-state index in [1.807, 2.05) is 11.0 Å². The Bertz CT molecular complexity index is 585. The Kier molecular flexibility index (Phi) is 2.68. The summed E-state index contributed by atoms with van der Waals surface area (Å²) in [5.74, 6) is 0.492. The number of nitrogens with zero attached hydrogens (tertiary/aromatic N) is 3. The molecule has 0 fully saturated rings. The van der Waals surface area contributed by atoms with Gasteiger partial charge in [0.05, 0.1) is 11.9 Å². The number of benzene rings is 1. The molecule has 2 heterocycles. The molecule has 0 unspecified atom stereocenters. The molecule has 18 heavy (non-hydrogen) atoms. The van der Waals surface area contributed by atoms with Gasteiger partial charge in [-0.3, -0.25) is 4.98 Å². The monoisotopic (exact) mass is 244 g/mol. The lowest BCUT2D eigenvalue weighted by molar-refractivity contribution is 0.628. The zero-order valence-electron chi connectivity index (χ0n) is 9.81. The maximum Gasteiger partial charge on any atom is 0.151 e. The minimum Gasteiger partial charge on any atom is -0.325 e. The van der Waals surface area contributed by atoms with Crippen molar-refractivity contribution in [3.05, 3.63) is 47.7 Å². The number of hydrogen-bond acceptors (Lipinski definition) is 4. The van der Waals surface area contributed by atoms with E-state index in [9.17, 15) is 4.39 Å². The van der Waals surface area contributed by atoms with Crippen LogP contribution in [-0.2, 0) is 13.0 Å². The van der Waals surface area contributed by atoms with E-state index in [4.69, 9.17) is 5.73 Å². The van der Waals surface area contributed by atoms with Crippen molar-refractivity contribution in [3.63, 3.8) is 0 Å². The van der Waals surface area contributed by atoms with Crippen molar-refractivity contribution >= 4 is 11.5 Å². The molecule has 1 aliphatic rings. The number of nitrogens with two attached hydrogens (primary N) is 1. The van der Waals surface area contributed by atoms with Gasteiger partial charge >= 0.3 is 0 Å². The number of halogens is 1. The first-order valence-corrected chi connectivity index (χ1v) is 5.85. The van der Waals surface area contributed by atoms with Gasteiger partial charge in [0.25, 0.3) is 0 Å². The van der Waals surface area contributed by atoms with Gasteiger partial charge in [0.2, 0.25) is 0 Å². The van der Waals surface area contributed by atoms with E-state index in [1.54, 1.807) is 18.5 Å². The first kappa shape index (κ1) is 11.1. The summed E-state index contributed by atoms with van der Waals surface area (Å²) in [4.78, 5) is 10.5. The molecular formula is C13H13FN4. The topological polar surface area (TPSA) is 55.0 Å². The lowest BCUT2D eigenvalue weighted by atomic mass is 10.2. The molecule has 0 amide bonds. The fourth-order valence-corrected chi connectivity index (χ4v) is 2.21. The molecule has 2 aromatic rings. The number of fused-ring (bicyclic) bond motifs is 1. The van der Waals surface area contributed by atoms with Crippen LogP contribution in [0.5, 0.6) is 0 Å². The van der Waals surface area contributed by atoms with E-state index in [0.29, 0.717) is 6.54 Å². The highest BCUT2D eigenvalue weighted by Gasteiger charge is 2.22. The molecule has 5 heteroatoms. The fourth-order valence-electron chi connectivity index (χ4n) is 2.21. The normalized spacial score (nSPS) is 13.8. The van der Waals surface area contributed by atoms with Crippen LogP contribution in [0.15, 0.2) is 30.6 Å². The van der Waals surface area contributed by atoms with Crippen molar-refractivity contribution in [1.29, 1.82) is 0 Å². The quantitative estimate of drug-likeness (QED) is 0.874. The highest BCUT2D eigenvalue weighted by Crippen LogP contribution is 2.33. The predicted molar refractivity (Wildman–Crippen MR) is 67.0 cm³/mol. The van der Waals surface area contributed by atoms with Crippen LogP contribution >= 0.6 is 0 Å². The van der Waals surface area contributed by atoms with E-state index in [0.717, 1.165) is 35.7 Å². The maximum absolute atomic E-state index is 13.3. The molecule has 92 valence electrons. The third-order valence-electron chi connectivity index (χ3n) is 3.10. The Hall–Kier alpha value is -2.01. The van der Waals surface area contributed by atoms with Crippen LogP contribution in [0, 0.1) is 5.82 Å². The molecule has 0 aliphatic carbocycles. The minimum absolute atomic E-state index is 0.233. The van der Waals surface area contributed by atoms with Crippen molar-refractivity contribution in [2.45, 2.75) is 13.0 Å². The summed E-state index contributed by atoms with van der Waals surface area (Å²) < 4.78 is 13.3. The van der Waals surface area contributed by atoms with Gasteiger partial charge < -0.3 is 10.6 Å². The minimum atomic E-state index is -0.233. The number of anilines is 2. The molecular weight excluding hydrogens is 231 g/mol. The first-order chi connectivity index (χ1) is 8.78. The van der Waals surface area contributed by atoms with E-state index in [-0.39, 0.29) is 5.82 Å². The smallest absolute Gasteiger partial charge is 0.151 e. The molecule has 0 bridgehead atoms. The third-order valence-corrected chi connectivity index (χ3v) is 3.10. The number of rotatable bonds is 2. The van der Waals surface area contributed by atoms with Gasteiger partial charge in [-0.05, 0) is 24.1 Å². The van der Waals surface area contributed by atoms with Crippen LogP contribution in [0.4, 0.5) is 15.9 Å². The second-order valence-corrected chi connectivity index (χ2v) is 4.25. The van der Waals surface area contributed by atoms with Crippen molar-refractivity contribution in [1.82, 2.24) is 9.97 Å². The Labute approximate surface area is 104 Å². The van der Waals surface area contributed by atoms with Crippen molar-refractivity contribution < 1.29 is 4.39 Å². The lowest BCUT2D eigenvalue weighted by Gasteiger charge is -2.18. The van der Waals surface area contributed by atoms with Crippen molar-refractivity contribution in [3.8, 4) is 0 Å². The molecule has 0 radical (unpaired) electrons. The van der Waals surface area contributed by atoms with Gasteiger partial charge in [-0.25, -0.2) is 9.37 Å². The highest BCUT2D eigenvalue weighted by molar-refractivity contribution is 5.67. The van der Waals surface area contributed by atoms with Crippen LogP contribution in [0.25, 0.3) is 0 Å². The highest BCUT2D eigenvalue weighted by atomic mass is 19.1. The molecule has 2 N–H and O–H groups in total. The zero-order chi connectivity index (χ0) is 12.5. The Morgan fingerprint density at radius 3 is 3.06 bits per heavy atom. The second kappa shape index (κ2) is 4.34. The van der Waals surface area contributed by atoms with Gasteiger partial charge in [0.1, 0.15) is 5.82 Å². The van der Waals surface area contributed by atoms with Crippen molar-refractivity contribution in [2.24, 2.45) is 5.73 Å². The van der Waals surface area contributed by atoms with Crippen molar-refractivity contribution in [2.75, 3.05) is 11.4 Å². The van der Waals surface area contributed by atoms with E-state index >= 15 is 0 Å². The summed E-state index contributed by atoms with van der Waals surface area (Å²) >= 11 is 0. The predicted octanol–water partition coefficient (Wildman–Crippen LogP) is 1.77. The van der Waals surface area contributed by atoms with E-state index < -0.39 is 0 Å². The fraction of sp³-hybridized carbons (Fsp3) is 0.231. The molecule has 4 nitrogen and oxygen atoms in total. The van der Waals surface area contributed by atoms with Gasteiger partial charge in [-0.15, -0.1) is 0 Å². The van der Waals surface area contributed by atoms with Gasteiger partial charge in [-0.1, -0.05) is 6.07 Å². The maximum atomic E-state index is 13.3. The van der Waals surface area contributed by atoms with Gasteiger partial charge in [0.15, 0.2) is 5.82 Å². The molecule has 1 aromatic heterocycles. The molecule has 0 saturated carbocycles. The zero-order valence-corrected chi connectivity index (χ0v) is 9.81. The summed E-state index contributed by atoms with van der Waals surface area (Å²) in [6.45, 7) is 1.15. The summed E-state index contributed by atoms with van der Waals surface area (Å²) in [7, 11) is 0. The van der Waals surface area contributed by atoms with Gasteiger partial charge in [-0.2, -0.15) is 0 Å². The molecule has 1 aliphatic heterocycles. The van der Waals surface area contributed by atoms with Crippen LogP contribution < -0.4 is 10.6 Å². The summed E-state index contributed by atoms with van der Waals surface area (Å²) in [5.41, 5.74) is 8.30. The van der Waals surface area contributed by atoms with E-state index in [1.165, 1.54) is 6.07 Å². The molecule has 1 aromatic carbocycles. The largest absolute Gasteiger partial charge is 0.325 e.